The summed E-state index contributed by atoms with van der Waals surface area (Å²) in [5, 5.41) is 48.6. The highest BCUT2D eigenvalue weighted by atomic mass is 16.7. The Kier molecular flexibility index (Phi) is 14.7. The minimum absolute atomic E-state index is 0.0968. The number of ether oxygens (including phenoxy) is 4. The highest BCUT2D eigenvalue weighted by Crippen LogP contribution is 2.28. The largest absolute Gasteiger partial charge is 0.455 e. The van der Waals surface area contributed by atoms with Crippen molar-refractivity contribution < 1.29 is 54.1 Å². The van der Waals surface area contributed by atoms with Gasteiger partial charge >= 0.3 is 11.9 Å². The second kappa shape index (κ2) is 16.3. The topological polar surface area (TPSA) is 172 Å². The molecule has 33 heavy (non-hydrogen) atoms. The summed E-state index contributed by atoms with van der Waals surface area (Å²) in [4.78, 5) is 24.7. The summed E-state index contributed by atoms with van der Waals surface area (Å²) in [7, 11) is 0. The van der Waals surface area contributed by atoms with Crippen LogP contribution in [0.2, 0.25) is 0 Å². The van der Waals surface area contributed by atoms with Crippen molar-refractivity contribution in [2.75, 3.05) is 19.8 Å². The molecule has 0 radical (unpaired) electrons. The van der Waals surface area contributed by atoms with Crippen molar-refractivity contribution in [3.05, 3.63) is 0 Å². The summed E-state index contributed by atoms with van der Waals surface area (Å²) >= 11 is 0. The Labute approximate surface area is 194 Å². The zero-order chi connectivity index (χ0) is 24.8. The highest BCUT2D eigenvalue weighted by Gasteiger charge is 2.50. The standard InChI is InChI=1S/C22H40O11/c1-3-5-7-9-17(27)32-20-19(29)16(12-24)31-22(30-13-15(26)14(25)11-23)21(20)33-18(28)10-8-6-4-2/h14-16,19-26,29H,3-13H2,1-2H3/t14-,15+,16+,19+,20-,21-,22+/m0/s1. The Balaban J connectivity index is 3.01. The van der Waals surface area contributed by atoms with Crippen LogP contribution in [-0.2, 0) is 28.5 Å². The van der Waals surface area contributed by atoms with Gasteiger partial charge in [0.2, 0.25) is 0 Å². The third kappa shape index (κ3) is 10.2. The van der Waals surface area contributed by atoms with Crippen LogP contribution < -0.4 is 0 Å². The highest BCUT2D eigenvalue weighted by molar-refractivity contribution is 5.70. The summed E-state index contributed by atoms with van der Waals surface area (Å²) < 4.78 is 21.9. The molecule has 0 unspecified atom stereocenters. The summed E-state index contributed by atoms with van der Waals surface area (Å²) in [5.41, 5.74) is 0. The van der Waals surface area contributed by atoms with Gasteiger partial charge in [0.25, 0.3) is 0 Å². The van der Waals surface area contributed by atoms with Gasteiger partial charge in [-0.25, -0.2) is 0 Å². The van der Waals surface area contributed by atoms with Crippen molar-refractivity contribution in [3.8, 4) is 0 Å². The van der Waals surface area contributed by atoms with E-state index in [9.17, 15) is 30.0 Å². The van der Waals surface area contributed by atoms with Crippen LogP contribution >= 0.6 is 0 Å². The van der Waals surface area contributed by atoms with Crippen molar-refractivity contribution in [1.29, 1.82) is 0 Å². The van der Waals surface area contributed by atoms with Gasteiger partial charge in [0.1, 0.15) is 24.4 Å². The normalized spacial score (nSPS) is 27.1. The van der Waals surface area contributed by atoms with E-state index < -0.39 is 74.7 Å². The molecule has 11 nitrogen and oxygen atoms in total. The van der Waals surface area contributed by atoms with Crippen LogP contribution in [0.25, 0.3) is 0 Å². The van der Waals surface area contributed by atoms with E-state index in [2.05, 4.69) is 0 Å². The average molecular weight is 481 g/mol. The van der Waals surface area contributed by atoms with Gasteiger partial charge in [-0.15, -0.1) is 0 Å². The van der Waals surface area contributed by atoms with E-state index in [4.69, 9.17) is 24.1 Å². The van der Waals surface area contributed by atoms with Crippen molar-refractivity contribution in [1.82, 2.24) is 0 Å². The van der Waals surface area contributed by atoms with Crippen LogP contribution in [0.3, 0.4) is 0 Å². The van der Waals surface area contributed by atoms with Gasteiger partial charge in [-0.3, -0.25) is 9.59 Å². The molecular formula is C22H40O11. The molecule has 0 aliphatic carbocycles. The van der Waals surface area contributed by atoms with Crippen molar-refractivity contribution >= 4 is 11.9 Å². The molecule has 0 spiro atoms. The second-order valence-electron chi connectivity index (χ2n) is 8.19. The Hall–Kier alpha value is -1.34. The minimum Gasteiger partial charge on any atom is -0.455 e. The van der Waals surface area contributed by atoms with Crippen LogP contribution in [0.15, 0.2) is 0 Å². The van der Waals surface area contributed by atoms with Crippen LogP contribution in [0, 0.1) is 0 Å². The molecule has 0 bridgehead atoms. The number of esters is 2. The maximum absolute atomic E-state index is 12.4. The Morgan fingerprint density at radius 3 is 1.91 bits per heavy atom. The maximum Gasteiger partial charge on any atom is 0.306 e. The van der Waals surface area contributed by atoms with Gasteiger partial charge in [-0.05, 0) is 12.8 Å². The summed E-state index contributed by atoms with van der Waals surface area (Å²) in [6.07, 6.45) is -5.01. The number of hydrogen-bond donors (Lipinski definition) is 5. The lowest BCUT2D eigenvalue weighted by Gasteiger charge is -2.43. The first kappa shape index (κ1) is 29.7. The molecule has 194 valence electrons. The van der Waals surface area contributed by atoms with Gasteiger partial charge in [0.15, 0.2) is 18.5 Å². The lowest BCUT2D eigenvalue weighted by atomic mass is 9.98. The van der Waals surface area contributed by atoms with E-state index in [-0.39, 0.29) is 12.8 Å². The number of aliphatic hydroxyl groups is 5. The number of carbonyl (C=O) groups excluding carboxylic acids is 2. The molecule has 0 aromatic rings. The van der Waals surface area contributed by atoms with E-state index in [1.807, 2.05) is 13.8 Å². The molecule has 0 aromatic carbocycles. The molecule has 1 rings (SSSR count). The molecule has 1 saturated heterocycles. The van der Waals surface area contributed by atoms with Crippen LogP contribution in [-0.4, -0.2) is 100 Å². The molecule has 0 aromatic heterocycles. The van der Waals surface area contributed by atoms with E-state index in [0.717, 1.165) is 25.7 Å². The zero-order valence-corrected chi connectivity index (χ0v) is 19.5. The number of carbonyl (C=O) groups is 2. The number of unbranched alkanes of at least 4 members (excludes halogenated alkanes) is 4. The monoisotopic (exact) mass is 480 g/mol. The molecule has 1 aliphatic heterocycles. The van der Waals surface area contributed by atoms with E-state index in [1.54, 1.807) is 0 Å². The predicted octanol–water partition coefficient (Wildman–Crippen LogP) is -0.221. The fourth-order valence-electron chi connectivity index (χ4n) is 3.32. The van der Waals surface area contributed by atoms with E-state index in [0.29, 0.717) is 12.8 Å². The van der Waals surface area contributed by atoms with Crippen LogP contribution in [0.5, 0.6) is 0 Å². The minimum atomic E-state index is -1.49. The molecule has 11 heteroatoms. The first-order valence-corrected chi connectivity index (χ1v) is 11.7. The number of aliphatic hydroxyl groups excluding tert-OH is 5. The average Bonchev–Trinajstić information content (AvgIpc) is 2.80. The third-order valence-corrected chi connectivity index (χ3v) is 5.36. The maximum atomic E-state index is 12.4. The predicted molar refractivity (Wildman–Crippen MR) is 115 cm³/mol. The van der Waals surface area contributed by atoms with Gasteiger partial charge in [0.05, 0.1) is 19.8 Å². The van der Waals surface area contributed by atoms with E-state index in [1.165, 1.54) is 0 Å². The SMILES string of the molecule is CCCCCC(=O)O[C@@H]1[C@H](OC[C@@H](O)[C@@H](O)CO)O[C@H](CO)[C@@H](O)[C@@H]1OC(=O)CCCCC. The zero-order valence-electron chi connectivity index (χ0n) is 19.5. The smallest absolute Gasteiger partial charge is 0.306 e. The first-order chi connectivity index (χ1) is 15.8. The summed E-state index contributed by atoms with van der Waals surface area (Å²) in [5.74, 6) is -1.21. The second-order valence-corrected chi connectivity index (χ2v) is 8.19. The lowest BCUT2D eigenvalue weighted by molar-refractivity contribution is -0.311. The third-order valence-electron chi connectivity index (χ3n) is 5.36. The van der Waals surface area contributed by atoms with Gasteiger partial charge in [-0.1, -0.05) is 39.5 Å². The first-order valence-electron chi connectivity index (χ1n) is 11.7. The fraction of sp³-hybridized carbons (Fsp3) is 0.909. The molecule has 1 heterocycles. The molecule has 1 fully saturated rings. The molecular weight excluding hydrogens is 440 g/mol. The number of hydrogen-bond acceptors (Lipinski definition) is 11. The number of rotatable bonds is 16. The Morgan fingerprint density at radius 1 is 0.879 bits per heavy atom. The Bertz CT molecular complexity index is 558. The van der Waals surface area contributed by atoms with Crippen LogP contribution in [0.4, 0.5) is 0 Å². The molecule has 1 aliphatic rings. The molecule has 7 atom stereocenters. The molecule has 0 saturated carbocycles. The van der Waals surface area contributed by atoms with E-state index >= 15 is 0 Å². The van der Waals surface area contributed by atoms with Crippen molar-refractivity contribution in [2.45, 2.75) is 108 Å². The molecule has 5 N–H and O–H groups in total. The summed E-state index contributed by atoms with van der Waals surface area (Å²) in [6, 6.07) is 0. The summed E-state index contributed by atoms with van der Waals surface area (Å²) in [6.45, 7) is 2.11. The Morgan fingerprint density at radius 2 is 1.42 bits per heavy atom. The quantitative estimate of drug-likeness (QED) is 0.146. The fourth-order valence-corrected chi connectivity index (χ4v) is 3.32. The van der Waals surface area contributed by atoms with Crippen molar-refractivity contribution in [3.63, 3.8) is 0 Å². The van der Waals surface area contributed by atoms with Gasteiger partial charge in [0, 0.05) is 12.8 Å². The lowest BCUT2D eigenvalue weighted by Crippen LogP contribution is -2.62. The van der Waals surface area contributed by atoms with Crippen LogP contribution in [0.1, 0.15) is 65.2 Å². The van der Waals surface area contributed by atoms with Crippen molar-refractivity contribution in [2.24, 2.45) is 0 Å². The van der Waals surface area contributed by atoms with Gasteiger partial charge in [-0.2, -0.15) is 0 Å². The van der Waals surface area contributed by atoms with Gasteiger partial charge < -0.3 is 44.5 Å². The molecule has 0 amide bonds.